The van der Waals surface area contributed by atoms with Crippen molar-refractivity contribution >= 4 is 11.8 Å². The van der Waals surface area contributed by atoms with Crippen molar-refractivity contribution in [3.8, 4) is 0 Å². The van der Waals surface area contributed by atoms with Crippen LogP contribution in [0.1, 0.15) is 94.9 Å². The minimum atomic E-state index is -1.99. The summed E-state index contributed by atoms with van der Waals surface area (Å²) in [4.78, 5) is 29.8. The van der Waals surface area contributed by atoms with Gasteiger partial charge in [0.15, 0.2) is 12.6 Å². The second-order valence-electron chi connectivity index (χ2n) is 16.5. The highest BCUT2D eigenvalue weighted by Crippen LogP contribution is 2.40. The third-order valence-corrected chi connectivity index (χ3v) is 11.8. The van der Waals surface area contributed by atoms with Crippen LogP contribution in [0.2, 0.25) is 0 Å². The van der Waals surface area contributed by atoms with Gasteiger partial charge in [0.1, 0.15) is 29.7 Å². The number of carbonyl (C=O) groups excluding carboxylic acids is 2. The van der Waals surface area contributed by atoms with E-state index in [1.807, 2.05) is 25.9 Å². The maximum absolute atomic E-state index is 14.1. The molecule has 3 fully saturated rings. The number of likely N-dealkylation sites (N-methyl/N-ethyl adjacent to an activating group) is 1. The van der Waals surface area contributed by atoms with Crippen LogP contribution in [-0.2, 0) is 38.0 Å². The number of cyclic esters (lactones) is 1. The first-order valence-electron chi connectivity index (χ1n) is 18.5. The molecule has 0 aliphatic carbocycles. The molecule has 14 heteroatoms. The Bertz CT molecular complexity index is 1170. The molecule has 0 spiro atoms. The van der Waals surface area contributed by atoms with Crippen molar-refractivity contribution < 1.29 is 63.5 Å². The lowest BCUT2D eigenvalue weighted by molar-refractivity contribution is -0.318. The van der Waals surface area contributed by atoms with E-state index in [-0.39, 0.29) is 31.4 Å². The van der Waals surface area contributed by atoms with Gasteiger partial charge in [0, 0.05) is 37.3 Å². The number of methoxy groups -OCH3 is 1. The van der Waals surface area contributed by atoms with Gasteiger partial charge in [-0.1, -0.05) is 27.7 Å². The molecule has 18 atom stereocenters. The van der Waals surface area contributed by atoms with Gasteiger partial charge in [-0.15, -0.1) is 0 Å². The monoisotopic (exact) mass is 733 g/mol. The first-order chi connectivity index (χ1) is 23.4. The standard InChI is InChI=1S/C37H67NO13/c1-14-25-37(10,45)30(41)20(4)27(39)18(2)16-35(8,44)32(51-34-28(40)24(38(11)12)15-19(3)47-34)21(5)29(22(6)33(43)49-25)50-26-17-36(9,46-13)31(42)23(7)48-26/h18-26,28-32,34,40-42,44-45H,14-17H2,1-13H3/t18-,19+,20?,21?,22+,23-,24-,25-,26-,28+,29-,30-,31-,32-,34-,35+,36+,37-/m0/s1. The van der Waals surface area contributed by atoms with Crippen LogP contribution in [0.5, 0.6) is 0 Å². The summed E-state index contributed by atoms with van der Waals surface area (Å²) in [6, 6.07) is -0.324. The molecule has 0 radical (unpaired) electrons. The van der Waals surface area contributed by atoms with E-state index < -0.39 is 108 Å². The smallest absolute Gasteiger partial charge is 0.311 e. The number of aliphatic hydroxyl groups excluding tert-OH is 3. The SMILES string of the molecule is CC[C@@H]1OC(=O)[C@H](C)[C@@H](O[C@H]2C[C@@](C)(OC)[C@@H](O)[C@H](C)O2)C(C)[C@H](O[C@@H]2O[C@H](C)C[C@H](N(C)C)[C@H]2O)[C@](C)(O)C[C@H](C)C(=O)C(C)[C@H](O)[C@@]1(C)O. The number of hydrogen-bond donors (Lipinski definition) is 5. The van der Waals surface area contributed by atoms with Gasteiger partial charge in [-0.2, -0.15) is 0 Å². The van der Waals surface area contributed by atoms with Crippen LogP contribution >= 0.6 is 0 Å². The Morgan fingerprint density at radius 1 is 0.882 bits per heavy atom. The number of esters is 1. The average molecular weight is 734 g/mol. The van der Waals surface area contributed by atoms with E-state index in [0.717, 1.165) is 0 Å². The predicted octanol–water partition coefficient (Wildman–Crippen LogP) is 1.79. The van der Waals surface area contributed by atoms with Crippen LogP contribution in [0, 0.1) is 23.7 Å². The molecule has 0 amide bonds. The molecule has 0 aromatic carbocycles. The van der Waals surface area contributed by atoms with Crippen molar-refractivity contribution in [2.75, 3.05) is 21.2 Å². The van der Waals surface area contributed by atoms with Crippen LogP contribution in [0.25, 0.3) is 0 Å². The van der Waals surface area contributed by atoms with Gasteiger partial charge in [-0.3, -0.25) is 9.59 Å². The normalized spacial score (nSPS) is 49.7. The van der Waals surface area contributed by atoms with Crippen molar-refractivity contribution in [2.24, 2.45) is 23.7 Å². The molecule has 5 N–H and O–H groups in total. The summed E-state index contributed by atoms with van der Waals surface area (Å²) >= 11 is 0. The highest BCUT2D eigenvalue weighted by Gasteiger charge is 2.53. The Balaban J connectivity index is 2.18. The molecule has 298 valence electrons. The van der Waals surface area contributed by atoms with Crippen LogP contribution < -0.4 is 0 Å². The fourth-order valence-corrected chi connectivity index (χ4v) is 8.41. The topological polar surface area (TPSA) is 194 Å². The van der Waals surface area contributed by atoms with E-state index in [4.69, 9.17) is 28.4 Å². The third-order valence-electron chi connectivity index (χ3n) is 11.8. The van der Waals surface area contributed by atoms with Crippen molar-refractivity contribution in [2.45, 2.75) is 179 Å². The van der Waals surface area contributed by atoms with Gasteiger partial charge >= 0.3 is 5.97 Å². The summed E-state index contributed by atoms with van der Waals surface area (Å²) in [5.74, 6) is -4.98. The Morgan fingerprint density at radius 3 is 2.04 bits per heavy atom. The maximum atomic E-state index is 14.1. The lowest BCUT2D eigenvalue weighted by Gasteiger charge is -2.49. The van der Waals surface area contributed by atoms with E-state index in [1.54, 1.807) is 41.5 Å². The molecule has 0 saturated carbocycles. The van der Waals surface area contributed by atoms with Crippen LogP contribution in [0.4, 0.5) is 0 Å². The van der Waals surface area contributed by atoms with Crippen molar-refractivity contribution in [1.82, 2.24) is 4.90 Å². The molecule has 14 nitrogen and oxygen atoms in total. The lowest BCUT2D eigenvalue weighted by Crippen LogP contribution is -2.61. The predicted molar refractivity (Wildman–Crippen MR) is 186 cm³/mol. The summed E-state index contributed by atoms with van der Waals surface area (Å²) in [6.45, 7) is 16.3. The van der Waals surface area contributed by atoms with E-state index in [2.05, 4.69) is 0 Å². The quantitative estimate of drug-likeness (QED) is 0.238. The number of rotatable bonds is 7. The fourth-order valence-electron chi connectivity index (χ4n) is 8.41. The number of ether oxygens (including phenoxy) is 6. The van der Waals surface area contributed by atoms with E-state index in [9.17, 15) is 35.1 Å². The Kier molecular flexibility index (Phi) is 14.7. The molecule has 3 aliphatic heterocycles. The molecule has 3 rings (SSSR count). The van der Waals surface area contributed by atoms with Gasteiger partial charge in [0.05, 0.1) is 47.6 Å². The van der Waals surface area contributed by atoms with Crippen LogP contribution in [-0.4, -0.2) is 148 Å². The molecule has 2 unspecified atom stereocenters. The Morgan fingerprint density at radius 2 is 1.49 bits per heavy atom. The van der Waals surface area contributed by atoms with Crippen LogP contribution in [0.3, 0.4) is 0 Å². The summed E-state index contributed by atoms with van der Waals surface area (Å²) in [5.41, 5.74) is -4.84. The van der Waals surface area contributed by atoms with Gasteiger partial charge < -0.3 is 58.9 Å². The molecule has 3 aliphatic rings. The molecule has 0 aromatic heterocycles. The highest BCUT2D eigenvalue weighted by molar-refractivity contribution is 5.83. The minimum absolute atomic E-state index is 0.0936. The first kappa shape index (κ1) is 44.1. The maximum Gasteiger partial charge on any atom is 0.311 e. The number of hydrogen-bond acceptors (Lipinski definition) is 14. The zero-order chi connectivity index (χ0) is 39.0. The first-order valence-corrected chi connectivity index (χ1v) is 18.5. The number of carbonyl (C=O) groups is 2. The van der Waals surface area contributed by atoms with Gasteiger partial charge in [-0.25, -0.2) is 0 Å². The molecule has 3 heterocycles. The zero-order valence-electron chi connectivity index (χ0n) is 32.9. The van der Waals surface area contributed by atoms with Crippen molar-refractivity contribution in [1.29, 1.82) is 0 Å². The Hall–Kier alpha value is -1.30. The number of ketones is 1. The van der Waals surface area contributed by atoms with E-state index in [0.29, 0.717) is 6.42 Å². The van der Waals surface area contributed by atoms with Crippen molar-refractivity contribution in [3.63, 3.8) is 0 Å². The summed E-state index contributed by atoms with van der Waals surface area (Å²) in [5, 5.41) is 57.6. The Labute approximate surface area is 304 Å². The minimum Gasteiger partial charge on any atom is -0.459 e. The average Bonchev–Trinajstić information content (AvgIpc) is 3.05. The van der Waals surface area contributed by atoms with E-state index >= 15 is 0 Å². The second-order valence-corrected chi connectivity index (χ2v) is 16.5. The van der Waals surface area contributed by atoms with E-state index in [1.165, 1.54) is 27.9 Å². The van der Waals surface area contributed by atoms with Crippen LogP contribution in [0.15, 0.2) is 0 Å². The lowest BCUT2D eigenvalue weighted by atomic mass is 9.74. The van der Waals surface area contributed by atoms with Crippen molar-refractivity contribution in [3.05, 3.63) is 0 Å². The fraction of sp³-hybridized carbons (Fsp3) is 0.946. The second kappa shape index (κ2) is 17.0. The third kappa shape index (κ3) is 9.51. The number of aliphatic hydroxyl groups is 5. The molecule has 0 aromatic rings. The summed E-state index contributed by atoms with van der Waals surface area (Å²) in [7, 11) is 5.18. The number of Topliss-reactive ketones (excluding diaryl/α,β-unsaturated/α-hetero) is 1. The molecular formula is C37H67NO13. The molecule has 3 saturated heterocycles. The summed E-state index contributed by atoms with van der Waals surface area (Å²) < 4.78 is 37.1. The molecular weight excluding hydrogens is 666 g/mol. The number of nitrogens with zero attached hydrogens (tertiary/aromatic N) is 1. The van der Waals surface area contributed by atoms with Gasteiger partial charge in [-0.05, 0) is 74.9 Å². The zero-order valence-corrected chi connectivity index (χ0v) is 32.9. The van der Waals surface area contributed by atoms with Gasteiger partial charge in [0.25, 0.3) is 0 Å². The largest absolute Gasteiger partial charge is 0.459 e. The summed E-state index contributed by atoms with van der Waals surface area (Å²) in [6.07, 6.45) is -9.71. The van der Waals surface area contributed by atoms with Gasteiger partial charge in [0.2, 0.25) is 0 Å². The molecule has 0 bridgehead atoms. The molecule has 51 heavy (non-hydrogen) atoms. The highest BCUT2D eigenvalue weighted by atomic mass is 16.7.